The second-order valence-electron chi connectivity index (χ2n) is 12.4. The van der Waals surface area contributed by atoms with Crippen molar-refractivity contribution in [3.8, 4) is 28.7 Å². The highest BCUT2D eigenvalue weighted by Crippen LogP contribution is 2.47. The molecule has 0 radical (unpaired) electrons. The van der Waals surface area contributed by atoms with Crippen molar-refractivity contribution in [2.75, 3.05) is 21.3 Å². The number of amides is 1. The molecule has 1 aliphatic heterocycles. The number of carbonyl (C=O) groups is 3. The van der Waals surface area contributed by atoms with E-state index in [1.807, 2.05) is 0 Å². The number of hydrogen-bond acceptors (Lipinski definition) is 10. The van der Waals surface area contributed by atoms with Crippen molar-refractivity contribution in [3.05, 3.63) is 46.5 Å². The van der Waals surface area contributed by atoms with Gasteiger partial charge in [-0.25, -0.2) is 4.79 Å². The number of benzene rings is 2. The number of fused-ring (bicyclic) bond motifs is 1. The number of aromatic hydroxyl groups is 2. The third-order valence-corrected chi connectivity index (χ3v) is 8.94. The van der Waals surface area contributed by atoms with Crippen molar-refractivity contribution in [1.82, 2.24) is 5.32 Å². The number of Topliss-reactive ketones (excluding diaryl/α,β-unsaturated/α-hetero) is 1. The van der Waals surface area contributed by atoms with E-state index < -0.39 is 23.7 Å². The van der Waals surface area contributed by atoms with Crippen LogP contribution in [0.1, 0.15) is 111 Å². The number of phenolic OH excluding ortho intramolecular Hbond substituents is 2. The molecule has 2 aliphatic rings. The van der Waals surface area contributed by atoms with Crippen LogP contribution in [0.15, 0.2) is 24.3 Å². The van der Waals surface area contributed by atoms with Gasteiger partial charge in [0.05, 0.1) is 33.5 Å². The zero-order valence-electron chi connectivity index (χ0n) is 27.7. The van der Waals surface area contributed by atoms with E-state index in [9.17, 15) is 29.7 Å². The molecule has 0 aromatic heterocycles. The average molecular weight is 654 g/mol. The summed E-state index contributed by atoms with van der Waals surface area (Å²) in [6.07, 6.45) is 7.81. The number of nitrogens with one attached hydrogen (secondary N) is 1. The van der Waals surface area contributed by atoms with Crippen molar-refractivity contribution >= 4 is 23.7 Å². The van der Waals surface area contributed by atoms with E-state index in [0.29, 0.717) is 87.0 Å². The minimum atomic E-state index is -0.962. The molecule has 0 saturated heterocycles. The van der Waals surface area contributed by atoms with Gasteiger partial charge in [-0.3, -0.25) is 9.59 Å². The Balaban J connectivity index is 1.83. The highest BCUT2D eigenvalue weighted by Gasteiger charge is 2.33. The van der Waals surface area contributed by atoms with Gasteiger partial charge >= 0.3 is 5.97 Å². The van der Waals surface area contributed by atoms with Crippen molar-refractivity contribution in [2.45, 2.75) is 102 Å². The van der Waals surface area contributed by atoms with Gasteiger partial charge in [0.25, 0.3) is 0 Å². The molecular formula is C36H47NO10. The predicted octanol–water partition coefficient (Wildman–Crippen LogP) is 5.55. The van der Waals surface area contributed by atoms with Gasteiger partial charge in [-0.1, -0.05) is 12.2 Å². The summed E-state index contributed by atoms with van der Waals surface area (Å²) in [5.41, 5.74) is 0.547. The number of cyclic esters (lactones) is 1. The second-order valence-corrected chi connectivity index (χ2v) is 12.4. The highest BCUT2D eigenvalue weighted by molar-refractivity contribution is 5.98. The number of carbonyl (C=O) groups excluding carboxylic acids is 3. The van der Waals surface area contributed by atoms with E-state index in [2.05, 4.69) is 5.32 Å². The maximum absolute atomic E-state index is 13.7. The molecule has 11 nitrogen and oxygen atoms in total. The molecule has 1 saturated carbocycles. The number of hydrogen-bond donors (Lipinski definition) is 4. The summed E-state index contributed by atoms with van der Waals surface area (Å²) in [6, 6.07) is 4.54. The molecule has 1 heterocycles. The standard InChI is InChI=1S/C36H47NO10/c1-21-9-8-12-25(38)11-7-5-6-10-22-17-28(40)33(34(42)32(22)36(43)47-21)27(20-31(41)37-24-13-15-26(39)16-14-24)23-18-29(44-2)35(46-4)30(19-23)45-3/h6,10,17-19,21,24,26-27,39-40,42H,5,7-9,11-16,20H2,1-4H3,(H,37,41)/t21-,24?,26?,27?/m0/s1. The molecule has 4 rings (SSSR count). The Hall–Kier alpha value is -4.25. The van der Waals surface area contributed by atoms with Crippen LogP contribution in [-0.4, -0.2) is 72.6 Å². The van der Waals surface area contributed by atoms with Gasteiger partial charge in [0.2, 0.25) is 11.7 Å². The van der Waals surface area contributed by atoms with Crippen LogP contribution in [0.3, 0.4) is 0 Å². The van der Waals surface area contributed by atoms with Crippen LogP contribution in [0, 0.1) is 0 Å². The maximum Gasteiger partial charge on any atom is 0.342 e. The van der Waals surface area contributed by atoms with E-state index in [0.717, 1.165) is 0 Å². The minimum absolute atomic E-state index is 0.0306. The monoisotopic (exact) mass is 653 g/mol. The number of rotatable bonds is 8. The predicted molar refractivity (Wildman–Crippen MR) is 175 cm³/mol. The third-order valence-electron chi connectivity index (χ3n) is 8.94. The van der Waals surface area contributed by atoms with Gasteiger partial charge in [0.1, 0.15) is 22.8 Å². The quantitative estimate of drug-likeness (QED) is 0.266. The van der Waals surface area contributed by atoms with Crippen molar-refractivity contribution in [2.24, 2.45) is 0 Å². The molecule has 1 aliphatic carbocycles. The van der Waals surface area contributed by atoms with Crippen LogP contribution in [0.5, 0.6) is 28.7 Å². The van der Waals surface area contributed by atoms with Gasteiger partial charge in [-0.05, 0) is 87.6 Å². The fourth-order valence-electron chi connectivity index (χ4n) is 6.40. The Morgan fingerprint density at radius 1 is 0.957 bits per heavy atom. The number of ketones is 1. The summed E-state index contributed by atoms with van der Waals surface area (Å²) in [7, 11) is 4.39. The Morgan fingerprint density at radius 3 is 2.26 bits per heavy atom. The summed E-state index contributed by atoms with van der Waals surface area (Å²) in [4.78, 5) is 39.4. The molecule has 2 atom stereocenters. The SMILES string of the molecule is COc1cc(C(CC(=O)NC2CCC(O)CC2)c2c(O)cc3c(c2O)C(=O)O[C@@H](C)CCCC(=O)CCCC=C3)cc(OC)c1OC. The molecule has 47 heavy (non-hydrogen) atoms. The number of aliphatic hydroxyl groups excluding tert-OH is 1. The number of esters is 1. The first-order valence-corrected chi connectivity index (χ1v) is 16.3. The lowest BCUT2D eigenvalue weighted by atomic mass is 9.84. The van der Waals surface area contributed by atoms with E-state index in [4.69, 9.17) is 18.9 Å². The van der Waals surface area contributed by atoms with E-state index >= 15 is 0 Å². The van der Waals surface area contributed by atoms with Crippen LogP contribution >= 0.6 is 0 Å². The molecule has 256 valence electrons. The lowest BCUT2D eigenvalue weighted by molar-refractivity contribution is -0.122. The Morgan fingerprint density at radius 2 is 1.62 bits per heavy atom. The zero-order valence-corrected chi connectivity index (χ0v) is 27.7. The molecule has 1 fully saturated rings. The molecular weight excluding hydrogens is 606 g/mol. The molecule has 0 bridgehead atoms. The van der Waals surface area contributed by atoms with Gasteiger partial charge in [0, 0.05) is 36.8 Å². The van der Waals surface area contributed by atoms with Crippen molar-refractivity contribution < 1.29 is 48.7 Å². The fraction of sp³-hybridized carbons (Fsp3) is 0.528. The smallest absolute Gasteiger partial charge is 0.342 e. The lowest BCUT2D eigenvalue weighted by Crippen LogP contribution is -2.39. The summed E-state index contributed by atoms with van der Waals surface area (Å²) in [5, 5.41) is 36.3. The lowest BCUT2D eigenvalue weighted by Gasteiger charge is -2.28. The largest absolute Gasteiger partial charge is 0.507 e. The number of allylic oxidation sites excluding steroid dienone is 1. The minimum Gasteiger partial charge on any atom is -0.507 e. The van der Waals surface area contributed by atoms with E-state index in [1.54, 1.807) is 31.2 Å². The molecule has 2 aromatic rings. The molecule has 4 N–H and O–H groups in total. The number of ether oxygens (including phenoxy) is 4. The number of aliphatic hydroxyl groups is 1. The first-order valence-electron chi connectivity index (χ1n) is 16.3. The van der Waals surface area contributed by atoms with E-state index in [1.165, 1.54) is 27.4 Å². The van der Waals surface area contributed by atoms with Crippen molar-refractivity contribution in [3.63, 3.8) is 0 Å². The number of methoxy groups -OCH3 is 3. The molecule has 1 unspecified atom stereocenters. The normalized spacial score (nSPS) is 21.5. The molecule has 11 heteroatoms. The first kappa shape index (κ1) is 35.6. The van der Waals surface area contributed by atoms with Crippen LogP contribution in [0.25, 0.3) is 6.08 Å². The summed E-state index contributed by atoms with van der Waals surface area (Å²) in [5.74, 6) is -1.81. The van der Waals surface area contributed by atoms with E-state index in [-0.39, 0.29) is 52.7 Å². The number of phenols is 2. The third kappa shape index (κ3) is 8.97. The van der Waals surface area contributed by atoms with Gasteiger partial charge in [-0.15, -0.1) is 0 Å². The Kier molecular flexibility index (Phi) is 12.5. The highest BCUT2D eigenvalue weighted by atomic mass is 16.5. The Bertz CT molecular complexity index is 1440. The maximum atomic E-state index is 13.7. The summed E-state index contributed by atoms with van der Waals surface area (Å²) in [6.45, 7) is 1.73. The Labute approximate surface area is 275 Å². The van der Waals surface area contributed by atoms with Crippen molar-refractivity contribution in [1.29, 1.82) is 0 Å². The van der Waals surface area contributed by atoms with Crippen LogP contribution in [0.4, 0.5) is 0 Å². The molecule has 0 spiro atoms. The average Bonchev–Trinajstić information content (AvgIpc) is 3.03. The molecule has 2 aromatic carbocycles. The summed E-state index contributed by atoms with van der Waals surface area (Å²) >= 11 is 0. The van der Waals surface area contributed by atoms with Gasteiger partial charge in [-0.2, -0.15) is 0 Å². The van der Waals surface area contributed by atoms with Crippen LogP contribution in [0.2, 0.25) is 0 Å². The first-order chi connectivity index (χ1) is 22.6. The zero-order chi connectivity index (χ0) is 34.1. The summed E-state index contributed by atoms with van der Waals surface area (Å²) < 4.78 is 22.4. The van der Waals surface area contributed by atoms with Crippen LogP contribution < -0.4 is 19.5 Å². The topological polar surface area (TPSA) is 161 Å². The van der Waals surface area contributed by atoms with Gasteiger partial charge in [0.15, 0.2) is 11.5 Å². The molecule has 1 amide bonds. The van der Waals surface area contributed by atoms with Gasteiger partial charge < -0.3 is 39.6 Å². The fourth-order valence-corrected chi connectivity index (χ4v) is 6.40. The second kappa shape index (κ2) is 16.5. The van der Waals surface area contributed by atoms with Crippen LogP contribution in [-0.2, 0) is 14.3 Å².